The Morgan fingerprint density at radius 1 is 1.19 bits per heavy atom. The number of nitrogens with zero attached hydrogens (tertiary/aromatic N) is 1. The number of benzene rings is 2. The lowest BCUT2D eigenvalue weighted by Gasteiger charge is -2.29. The third-order valence-corrected chi connectivity index (χ3v) is 6.26. The highest BCUT2D eigenvalue weighted by atomic mass is 32.2. The van der Waals surface area contributed by atoms with E-state index >= 15 is 0 Å². The molecule has 0 aliphatic carbocycles. The number of ether oxygens (including phenoxy) is 1. The number of rotatable bonds is 5. The van der Waals surface area contributed by atoms with Gasteiger partial charge in [-0.15, -0.1) is 0 Å². The number of hydrogen-bond donors (Lipinski definition) is 0. The molecule has 0 N–H and O–H groups in total. The van der Waals surface area contributed by atoms with Gasteiger partial charge in [-0.05, 0) is 36.2 Å². The van der Waals surface area contributed by atoms with Crippen LogP contribution in [-0.2, 0) is 16.4 Å². The van der Waals surface area contributed by atoms with Crippen LogP contribution in [0.2, 0.25) is 0 Å². The zero-order valence-electron chi connectivity index (χ0n) is 14.4. The normalized spacial score (nSPS) is 18.5. The zero-order chi connectivity index (χ0) is 18.7. The van der Waals surface area contributed by atoms with Crippen LogP contribution in [0.5, 0.6) is 5.75 Å². The second-order valence-corrected chi connectivity index (χ2v) is 8.55. The van der Waals surface area contributed by atoms with E-state index in [0.29, 0.717) is 17.7 Å². The molecular formula is C19H20FNO4S. The van der Waals surface area contributed by atoms with E-state index in [9.17, 15) is 17.6 Å². The largest absolute Gasteiger partial charge is 0.496 e. The number of hydrogen-bond acceptors (Lipinski definition) is 4. The molecule has 1 aliphatic rings. The average Bonchev–Trinajstić information content (AvgIpc) is 3.00. The van der Waals surface area contributed by atoms with Crippen molar-refractivity contribution in [2.75, 3.05) is 18.6 Å². The number of methoxy groups -OCH3 is 1. The van der Waals surface area contributed by atoms with Gasteiger partial charge < -0.3 is 9.64 Å². The standard InChI is InChI=1S/C19H20FNO4S/c1-25-18-5-3-2-4-17(18)19(22)21(16-10-11-26(23,24)13-16)12-14-6-8-15(20)9-7-14/h2-9,16H,10-13H2,1H3/t16-/m1/s1. The highest BCUT2D eigenvalue weighted by Crippen LogP contribution is 2.26. The second-order valence-electron chi connectivity index (χ2n) is 6.32. The first kappa shape index (κ1) is 18.4. The minimum atomic E-state index is -3.16. The number of halogens is 1. The Morgan fingerprint density at radius 2 is 1.88 bits per heavy atom. The van der Waals surface area contributed by atoms with Crippen molar-refractivity contribution < 1.29 is 22.3 Å². The van der Waals surface area contributed by atoms with Crippen molar-refractivity contribution in [3.8, 4) is 5.75 Å². The molecule has 1 aliphatic heterocycles. The predicted molar refractivity (Wildman–Crippen MR) is 96.3 cm³/mol. The van der Waals surface area contributed by atoms with Gasteiger partial charge in [0, 0.05) is 12.6 Å². The van der Waals surface area contributed by atoms with Crippen LogP contribution in [0.15, 0.2) is 48.5 Å². The molecule has 5 nitrogen and oxygen atoms in total. The first-order valence-electron chi connectivity index (χ1n) is 8.28. The van der Waals surface area contributed by atoms with Crippen LogP contribution in [0.1, 0.15) is 22.3 Å². The number of amides is 1. The Morgan fingerprint density at radius 3 is 2.50 bits per heavy atom. The molecule has 1 heterocycles. The van der Waals surface area contributed by atoms with E-state index in [-0.39, 0.29) is 29.8 Å². The number of para-hydroxylation sites is 1. The van der Waals surface area contributed by atoms with Gasteiger partial charge in [0.25, 0.3) is 5.91 Å². The molecule has 0 saturated carbocycles. The maximum absolute atomic E-state index is 13.2. The Labute approximate surface area is 152 Å². The molecule has 0 spiro atoms. The molecule has 1 atom stereocenters. The van der Waals surface area contributed by atoms with E-state index in [1.807, 2.05) is 0 Å². The molecule has 0 bridgehead atoms. The third kappa shape index (κ3) is 4.04. The maximum Gasteiger partial charge on any atom is 0.258 e. The summed E-state index contributed by atoms with van der Waals surface area (Å²) in [4.78, 5) is 14.7. The smallest absolute Gasteiger partial charge is 0.258 e. The number of carbonyl (C=O) groups excluding carboxylic acids is 1. The second kappa shape index (κ2) is 7.45. The SMILES string of the molecule is COc1ccccc1C(=O)N(Cc1ccc(F)cc1)[C@@H]1CCS(=O)(=O)C1. The van der Waals surface area contributed by atoms with E-state index in [2.05, 4.69) is 0 Å². The topological polar surface area (TPSA) is 63.7 Å². The lowest BCUT2D eigenvalue weighted by Crippen LogP contribution is -2.40. The summed E-state index contributed by atoms with van der Waals surface area (Å²) >= 11 is 0. The van der Waals surface area contributed by atoms with Gasteiger partial charge in [0.05, 0.1) is 24.2 Å². The van der Waals surface area contributed by atoms with Crippen molar-refractivity contribution in [2.45, 2.75) is 19.0 Å². The molecule has 1 fully saturated rings. The van der Waals surface area contributed by atoms with Crippen molar-refractivity contribution in [3.05, 3.63) is 65.5 Å². The number of sulfone groups is 1. The summed E-state index contributed by atoms with van der Waals surface area (Å²) in [5, 5.41) is 0. The first-order chi connectivity index (χ1) is 12.4. The molecule has 1 saturated heterocycles. The van der Waals surface area contributed by atoms with Gasteiger partial charge >= 0.3 is 0 Å². The van der Waals surface area contributed by atoms with Crippen LogP contribution in [0, 0.1) is 5.82 Å². The van der Waals surface area contributed by atoms with Gasteiger partial charge in [-0.2, -0.15) is 0 Å². The quantitative estimate of drug-likeness (QED) is 0.804. The van der Waals surface area contributed by atoms with Crippen molar-refractivity contribution in [2.24, 2.45) is 0 Å². The van der Waals surface area contributed by atoms with Gasteiger partial charge in [0.2, 0.25) is 0 Å². The lowest BCUT2D eigenvalue weighted by atomic mass is 10.1. The van der Waals surface area contributed by atoms with Gasteiger partial charge in [-0.3, -0.25) is 4.79 Å². The minimum absolute atomic E-state index is 0.0604. The van der Waals surface area contributed by atoms with Crippen LogP contribution < -0.4 is 4.74 Å². The van der Waals surface area contributed by atoms with E-state index in [1.54, 1.807) is 41.3 Å². The summed E-state index contributed by atoms with van der Waals surface area (Å²) in [5.41, 5.74) is 1.11. The van der Waals surface area contributed by atoms with Crippen molar-refractivity contribution in [1.82, 2.24) is 4.90 Å². The number of carbonyl (C=O) groups is 1. The molecule has 1 amide bonds. The van der Waals surface area contributed by atoms with E-state index in [4.69, 9.17) is 4.74 Å². The van der Waals surface area contributed by atoms with E-state index in [0.717, 1.165) is 5.56 Å². The first-order valence-corrected chi connectivity index (χ1v) is 10.1. The molecule has 3 rings (SSSR count). The fraction of sp³-hybridized carbons (Fsp3) is 0.316. The lowest BCUT2D eigenvalue weighted by molar-refractivity contribution is 0.0677. The average molecular weight is 377 g/mol. The summed E-state index contributed by atoms with van der Waals surface area (Å²) in [6.07, 6.45) is 0.393. The fourth-order valence-corrected chi connectivity index (χ4v) is 4.88. The zero-order valence-corrected chi connectivity index (χ0v) is 15.2. The molecular weight excluding hydrogens is 357 g/mol. The highest BCUT2D eigenvalue weighted by Gasteiger charge is 2.35. The summed E-state index contributed by atoms with van der Waals surface area (Å²) in [7, 11) is -1.67. The predicted octanol–water partition coefficient (Wildman–Crippen LogP) is 2.66. The van der Waals surface area contributed by atoms with Crippen LogP contribution in [0.25, 0.3) is 0 Å². The minimum Gasteiger partial charge on any atom is -0.496 e. The van der Waals surface area contributed by atoms with Gasteiger partial charge in [-0.1, -0.05) is 24.3 Å². The monoisotopic (exact) mass is 377 g/mol. The van der Waals surface area contributed by atoms with Crippen molar-refractivity contribution in [3.63, 3.8) is 0 Å². The Hall–Kier alpha value is -2.41. The molecule has 138 valence electrons. The van der Waals surface area contributed by atoms with Crippen molar-refractivity contribution in [1.29, 1.82) is 0 Å². The summed E-state index contributed by atoms with van der Waals surface area (Å²) in [5.74, 6) is -0.220. The molecule has 26 heavy (non-hydrogen) atoms. The van der Waals surface area contributed by atoms with Crippen LogP contribution in [0.4, 0.5) is 4.39 Å². The Kier molecular flexibility index (Phi) is 5.27. The van der Waals surface area contributed by atoms with Gasteiger partial charge in [0.15, 0.2) is 9.84 Å². The van der Waals surface area contributed by atoms with Crippen LogP contribution in [0.3, 0.4) is 0 Å². The molecule has 2 aromatic carbocycles. The molecule has 2 aromatic rings. The Balaban J connectivity index is 1.94. The Bertz CT molecular complexity index is 896. The maximum atomic E-state index is 13.2. The molecule has 0 aromatic heterocycles. The fourth-order valence-electron chi connectivity index (χ4n) is 3.15. The summed E-state index contributed by atoms with van der Waals surface area (Å²) < 4.78 is 42.3. The molecule has 7 heteroatoms. The highest BCUT2D eigenvalue weighted by molar-refractivity contribution is 7.91. The summed E-state index contributed by atoms with van der Waals surface area (Å²) in [6, 6.07) is 12.3. The van der Waals surface area contributed by atoms with Crippen LogP contribution in [-0.4, -0.2) is 43.9 Å². The molecule has 0 unspecified atom stereocenters. The van der Waals surface area contributed by atoms with Gasteiger partial charge in [0.1, 0.15) is 11.6 Å². The van der Waals surface area contributed by atoms with Gasteiger partial charge in [-0.25, -0.2) is 12.8 Å². The molecule has 0 radical (unpaired) electrons. The van der Waals surface area contributed by atoms with E-state index < -0.39 is 15.9 Å². The summed E-state index contributed by atoms with van der Waals surface area (Å²) in [6.45, 7) is 0.206. The van der Waals surface area contributed by atoms with Crippen molar-refractivity contribution >= 4 is 15.7 Å². The third-order valence-electron chi connectivity index (χ3n) is 4.51. The van der Waals surface area contributed by atoms with Crippen LogP contribution >= 0.6 is 0 Å². The van der Waals surface area contributed by atoms with E-state index in [1.165, 1.54) is 19.2 Å².